The second-order valence-corrected chi connectivity index (χ2v) is 12.9. The highest BCUT2D eigenvalue weighted by molar-refractivity contribution is 9.10. The third-order valence-corrected chi connectivity index (χ3v) is 10.1. The van der Waals surface area contributed by atoms with E-state index in [0.717, 1.165) is 51.4 Å². The normalized spacial score (nSPS) is 15.8. The van der Waals surface area contributed by atoms with Crippen molar-refractivity contribution in [1.82, 2.24) is 5.32 Å². The van der Waals surface area contributed by atoms with Gasteiger partial charge in [0.15, 0.2) is 0 Å². The molecule has 0 unspecified atom stereocenters. The van der Waals surface area contributed by atoms with E-state index < -0.39 is 11.5 Å². The zero-order valence-corrected chi connectivity index (χ0v) is 28.5. The number of benzene rings is 3. The second-order valence-electron chi connectivity index (χ2n) is 11.1. The molecule has 0 bridgehead atoms. The Morgan fingerprint density at radius 1 is 0.837 bits per heavy atom. The first-order chi connectivity index (χ1) is 20.6. The number of carbonyl (C=O) groups excluding carboxylic acids is 3. The highest BCUT2D eigenvalue weighted by Gasteiger charge is 2.48. The Labute approximate surface area is 271 Å². The lowest BCUT2D eigenvalue weighted by Crippen LogP contribution is -2.43. The molecule has 1 aliphatic heterocycles. The first-order valence-corrected chi connectivity index (χ1v) is 16.6. The lowest BCUT2D eigenvalue weighted by atomic mass is 9.76. The van der Waals surface area contributed by atoms with E-state index in [1.54, 1.807) is 4.90 Å². The molecule has 43 heavy (non-hydrogen) atoms. The number of alkyl carbamates (subject to hydrolysis) is 1. The summed E-state index contributed by atoms with van der Waals surface area (Å²) >= 11 is 6.96. The average Bonchev–Trinajstić information content (AvgIpc) is 3.42. The maximum absolute atomic E-state index is 13.2. The summed E-state index contributed by atoms with van der Waals surface area (Å²) in [6.45, 7) is 9.28. The molecular formula is C35H40Br2N2O4. The van der Waals surface area contributed by atoms with E-state index >= 15 is 0 Å². The van der Waals surface area contributed by atoms with Gasteiger partial charge in [0.05, 0.1) is 10.8 Å². The number of amides is 2. The van der Waals surface area contributed by atoms with Gasteiger partial charge in [-0.2, -0.15) is 0 Å². The largest absolute Gasteiger partial charge is 0.445 e. The van der Waals surface area contributed by atoms with Gasteiger partial charge in [-0.25, -0.2) is 4.79 Å². The van der Waals surface area contributed by atoms with Crippen molar-refractivity contribution in [2.75, 3.05) is 18.0 Å². The van der Waals surface area contributed by atoms with Gasteiger partial charge in [-0.05, 0) is 72.2 Å². The number of rotatable bonds is 9. The summed E-state index contributed by atoms with van der Waals surface area (Å²) < 4.78 is 7.23. The maximum atomic E-state index is 13.2. The van der Waals surface area contributed by atoms with Crippen LogP contribution >= 0.6 is 31.9 Å². The molecule has 1 heterocycles. The van der Waals surface area contributed by atoms with Crippen LogP contribution in [-0.4, -0.2) is 30.9 Å². The third-order valence-electron chi connectivity index (χ3n) is 9.12. The molecule has 0 aromatic heterocycles. The van der Waals surface area contributed by atoms with Crippen LogP contribution in [-0.2, 0) is 38.2 Å². The molecular weight excluding hydrogens is 672 g/mol. The fourth-order valence-electron chi connectivity index (χ4n) is 6.51. The van der Waals surface area contributed by atoms with Crippen LogP contribution in [0.5, 0.6) is 0 Å². The molecule has 228 valence electrons. The number of ether oxygens (including phenoxy) is 1. The molecule has 2 aliphatic rings. The van der Waals surface area contributed by atoms with Crippen molar-refractivity contribution in [1.29, 1.82) is 0 Å². The Hall–Kier alpha value is -2.97. The number of ketones is 1. The molecule has 8 heteroatoms. The molecule has 2 amide bonds. The molecule has 1 N–H and O–H groups in total. The van der Waals surface area contributed by atoms with Crippen molar-refractivity contribution in [3.63, 3.8) is 0 Å². The molecule has 0 radical (unpaired) electrons. The van der Waals surface area contributed by atoms with Crippen molar-refractivity contribution in [2.24, 2.45) is 0 Å². The van der Waals surface area contributed by atoms with Crippen LogP contribution in [0.2, 0.25) is 0 Å². The van der Waals surface area contributed by atoms with E-state index in [-0.39, 0.29) is 17.9 Å². The Morgan fingerprint density at radius 2 is 1.44 bits per heavy atom. The zero-order valence-electron chi connectivity index (χ0n) is 25.3. The quantitative estimate of drug-likeness (QED) is 0.242. The Morgan fingerprint density at radius 3 is 2.07 bits per heavy atom. The minimum absolute atomic E-state index is 0.102. The molecule has 3 aromatic rings. The summed E-state index contributed by atoms with van der Waals surface area (Å²) in [6, 6.07) is 21.8. The van der Waals surface area contributed by atoms with Crippen LogP contribution in [0.1, 0.15) is 75.6 Å². The van der Waals surface area contributed by atoms with Gasteiger partial charge in [0.2, 0.25) is 5.91 Å². The third kappa shape index (κ3) is 6.60. The molecule has 6 nitrogen and oxygen atoms in total. The van der Waals surface area contributed by atoms with Gasteiger partial charge in [-0.15, -0.1) is 0 Å². The SMILES string of the molecule is CCC1(CC)C(=O)Cc2cc(Br)ccc21.CCC1(CC)C(=O)N(CCNC(=O)OCc2ccccc2)c2cc(Br)ccc21. The predicted octanol–water partition coefficient (Wildman–Crippen LogP) is 8.41. The first kappa shape index (κ1) is 32.9. The first-order valence-electron chi connectivity index (χ1n) is 15.0. The molecule has 1 aliphatic carbocycles. The Kier molecular flexibility index (Phi) is 10.9. The summed E-state index contributed by atoms with van der Waals surface area (Å²) in [5.74, 6) is 0.491. The summed E-state index contributed by atoms with van der Waals surface area (Å²) in [4.78, 5) is 39.1. The van der Waals surface area contributed by atoms with Gasteiger partial charge in [-0.1, -0.05) is 102 Å². The van der Waals surface area contributed by atoms with Crippen LogP contribution < -0.4 is 10.2 Å². The van der Waals surface area contributed by atoms with E-state index in [2.05, 4.69) is 77.0 Å². The molecule has 5 rings (SSSR count). The van der Waals surface area contributed by atoms with Gasteiger partial charge in [-0.3, -0.25) is 9.59 Å². The molecule has 0 saturated heterocycles. The van der Waals surface area contributed by atoms with Crippen LogP contribution in [0.3, 0.4) is 0 Å². The Bertz CT molecular complexity index is 1470. The second kappa shape index (κ2) is 14.2. The van der Waals surface area contributed by atoms with Crippen molar-refractivity contribution in [3.05, 3.63) is 97.9 Å². The van der Waals surface area contributed by atoms with E-state index in [4.69, 9.17) is 4.74 Å². The fraction of sp³-hybridized carbons (Fsp3) is 0.400. The zero-order chi connectivity index (χ0) is 31.2. The number of Topliss-reactive ketones (excluding diaryl/α,β-unsaturated/α-hetero) is 1. The minimum atomic E-state index is -0.484. The summed E-state index contributed by atoms with van der Waals surface area (Å²) in [7, 11) is 0. The van der Waals surface area contributed by atoms with Gasteiger partial charge < -0.3 is 15.0 Å². The average molecular weight is 713 g/mol. The van der Waals surface area contributed by atoms with Crippen molar-refractivity contribution < 1.29 is 19.1 Å². The Balaban J connectivity index is 0.000000237. The lowest BCUT2D eigenvalue weighted by Gasteiger charge is -2.26. The van der Waals surface area contributed by atoms with E-state index in [1.807, 2.05) is 54.6 Å². The van der Waals surface area contributed by atoms with Crippen LogP contribution in [0, 0.1) is 0 Å². The smallest absolute Gasteiger partial charge is 0.407 e. The molecule has 0 fully saturated rings. The van der Waals surface area contributed by atoms with E-state index in [0.29, 0.717) is 25.3 Å². The molecule has 0 spiro atoms. The number of fused-ring (bicyclic) bond motifs is 2. The van der Waals surface area contributed by atoms with Gasteiger partial charge in [0.25, 0.3) is 0 Å². The summed E-state index contributed by atoms with van der Waals surface area (Å²) in [5, 5.41) is 2.74. The summed E-state index contributed by atoms with van der Waals surface area (Å²) in [6.07, 6.45) is 3.45. The highest BCUT2D eigenvalue weighted by Crippen LogP contribution is 2.47. The van der Waals surface area contributed by atoms with Gasteiger partial charge in [0, 0.05) is 34.1 Å². The monoisotopic (exact) mass is 710 g/mol. The van der Waals surface area contributed by atoms with Crippen LogP contribution in [0.4, 0.5) is 10.5 Å². The van der Waals surface area contributed by atoms with Gasteiger partial charge in [0.1, 0.15) is 12.4 Å². The van der Waals surface area contributed by atoms with E-state index in [9.17, 15) is 14.4 Å². The van der Waals surface area contributed by atoms with Crippen LogP contribution in [0.15, 0.2) is 75.7 Å². The molecule has 3 aromatic carbocycles. The van der Waals surface area contributed by atoms with Crippen molar-refractivity contribution in [3.8, 4) is 0 Å². The lowest BCUT2D eigenvalue weighted by molar-refractivity contribution is -0.124. The van der Waals surface area contributed by atoms with Gasteiger partial charge >= 0.3 is 6.09 Å². The number of hydrogen-bond acceptors (Lipinski definition) is 4. The fourth-order valence-corrected chi connectivity index (χ4v) is 7.27. The number of anilines is 1. The number of halogens is 2. The number of hydrogen-bond donors (Lipinski definition) is 1. The highest BCUT2D eigenvalue weighted by atomic mass is 79.9. The summed E-state index contributed by atoms with van der Waals surface area (Å²) in [5.41, 5.74) is 4.69. The molecule has 0 atom stereocenters. The molecule has 0 saturated carbocycles. The number of carbonyl (C=O) groups is 3. The van der Waals surface area contributed by atoms with E-state index in [1.165, 1.54) is 11.1 Å². The predicted molar refractivity (Wildman–Crippen MR) is 178 cm³/mol. The van der Waals surface area contributed by atoms with Crippen molar-refractivity contribution >= 4 is 55.3 Å². The maximum Gasteiger partial charge on any atom is 0.407 e. The van der Waals surface area contributed by atoms with Crippen molar-refractivity contribution in [2.45, 2.75) is 77.2 Å². The number of nitrogens with one attached hydrogen (secondary N) is 1. The minimum Gasteiger partial charge on any atom is -0.445 e. The standard InChI is InChI=1S/C22H25BrN2O3.C13H15BrO/c1-3-22(4-2)18-11-10-17(23)14-19(18)25(20(22)26)13-12-24-21(27)28-15-16-8-6-5-7-9-16;1-3-13(4-2)11-6-5-10(14)7-9(11)8-12(13)15/h5-11,14H,3-4,12-13,15H2,1-2H3,(H,24,27);5-7H,3-4,8H2,1-2H3. The van der Waals surface area contributed by atoms with Crippen LogP contribution in [0.25, 0.3) is 0 Å². The topological polar surface area (TPSA) is 75.7 Å². The number of nitrogens with zero attached hydrogens (tertiary/aromatic N) is 1.